The monoisotopic (exact) mass is 388 g/mol. The second-order valence-electron chi connectivity index (χ2n) is 5.64. The number of benzene rings is 2. The SMILES string of the molecule is CC(=O)NC(Cc1ccc(OC(=O)Oc2ccc([N+](=O)[O-])cc2)cc1)C(=O)O. The van der Waals surface area contributed by atoms with Crippen LogP contribution in [0.2, 0.25) is 0 Å². The quantitative estimate of drug-likeness (QED) is 0.318. The molecule has 0 aliphatic carbocycles. The fourth-order valence-electron chi connectivity index (χ4n) is 2.22. The number of hydrogen-bond acceptors (Lipinski definition) is 7. The van der Waals surface area contributed by atoms with Crippen LogP contribution in [0.25, 0.3) is 0 Å². The largest absolute Gasteiger partial charge is 0.519 e. The lowest BCUT2D eigenvalue weighted by Gasteiger charge is -2.13. The minimum Gasteiger partial charge on any atom is -0.480 e. The molecule has 1 atom stereocenters. The Morgan fingerprint density at radius 2 is 1.54 bits per heavy atom. The first kappa shape index (κ1) is 20.4. The van der Waals surface area contributed by atoms with Crippen molar-refractivity contribution in [3.8, 4) is 11.5 Å². The lowest BCUT2D eigenvalue weighted by molar-refractivity contribution is -0.384. The third kappa shape index (κ3) is 6.09. The van der Waals surface area contributed by atoms with E-state index in [0.717, 1.165) is 0 Å². The summed E-state index contributed by atoms with van der Waals surface area (Å²) in [5.74, 6) is -1.39. The molecule has 1 unspecified atom stereocenters. The Balaban J connectivity index is 1.93. The number of ether oxygens (including phenoxy) is 2. The lowest BCUT2D eigenvalue weighted by atomic mass is 10.1. The molecule has 2 rings (SSSR count). The first-order valence-corrected chi connectivity index (χ1v) is 7.97. The minimum atomic E-state index is -1.16. The van der Waals surface area contributed by atoms with Gasteiger partial charge < -0.3 is 19.9 Å². The molecule has 0 aliphatic rings. The van der Waals surface area contributed by atoms with Gasteiger partial charge in [-0.2, -0.15) is 0 Å². The molecular weight excluding hydrogens is 372 g/mol. The molecule has 0 spiro atoms. The number of carbonyl (C=O) groups is 3. The summed E-state index contributed by atoms with van der Waals surface area (Å²) in [4.78, 5) is 44.0. The van der Waals surface area contributed by atoms with E-state index in [0.29, 0.717) is 5.56 Å². The fraction of sp³-hybridized carbons (Fsp3) is 0.167. The molecule has 146 valence electrons. The molecule has 28 heavy (non-hydrogen) atoms. The normalized spacial score (nSPS) is 11.2. The maximum absolute atomic E-state index is 11.8. The van der Waals surface area contributed by atoms with Crippen LogP contribution < -0.4 is 14.8 Å². The molecule has 0 saturated carbocycles. The Morgan fingerprint density at radius 1 is 1.04 bits per heavy atom. The predicted octanol–water partition coefficient (Wildman–Crippen LogP) is 2.30. The van der Waals surface area contributed by atoms with Gasteiger partial charge in [-0.1, -0.05) is 12.1 Å². The van der Waals surface area contributed by atoms with E-state index in [9.17, 15) is 24.5 Å². The highest BCUT2D eigenvalue weighted by Gasteiger charge is 2.19. The molecule has 10 heteroatoms. The summed E-state index contributed by atoms with van der Waals surface area (Å²) in [7, 11) is 0. The molecule has 2 aromatic carbocycles. The summed E-state index contributed by atoms with van der Waals surface area (Å²) in [6, 6.07) is 9.80. The molecule has 2 N–H and O–H groups in total. The van der Waals surface area contributed by atoms with Crippen LogP contribution in [0.3, 0.4) is 0 Å². The standard InChI is InChI=1S/C18H16N2O8/c1-11(21)19-16(17(22)23)10-12-2-6-14(7-3-12)27-18(24)28-15-8-4-13(5-9-15)20(25)26/h2-9,16H,10H2,1H3,(H,19,21)(H,22,23). The number of rotatable bonds is 7. The van der Waals surface area contributed by atoms with Crippen molar-refractivity contribution in [1.29, 1.82) is 0 Å². The lowest BCUT2D eigenvalue weighted by Crippen LogP contribution is -2.41. The number of nitro groups is 1. The van der Waals surface area contributed by atoms with Gasteiger partial charge in [-0.3, -0.25) is 14.9 Å². The van der Waals surface area contributed by atoms with Crippen molar-refractivity contribution in [3.63, 3.8) is 0 Å². The van der Waals surface area contributed by atoms with Gasteiger partial charge in [0.2, 0.25) is 5.91 Å². The number of carbonyl (C=O) groups excluding carboxylic acids is 2. The molecule has 0 aliphatic heterocycles. The van der Waals surface area contributed by atoms with Crippen LogP contribution in [0.5, 0.6) is 11.5 Å². The predicted molar refractivity (Wildman–Crippen MR) is 95.1 cm³/mol. The Labute approximate surface area is 158 Å². The van der Waals surface area contributed by atoms with Gasteiger partial charge in [0.05, 0.1) is 4.92 Å². The first-order chi connectivity index (χ1) is 13.2. The van der Waals surface area contributed by atoms with Crippen molar-refractivity contribution in [3.05, 3.63) is 64.2 Å². The molecule has 10 nitrogen and oxygen atoms in total. The van der Waals surface area contributed by atoms with Gasteiger partial charge in [0.1, 0.15) is 17.5 Å². The van der Waals surface area contributed by atoms with E-state index in [1.165, 1.54) is 43.3 Å². The number of amides is 1. The maximum Gasteiger partial charge on any atom is 0.519 e. The zero-order valence-electron chi connectivity index (χ0n) is 14.7. The van der Waals surface area contributed by atoms with Crippen LogP contribution in [0.15, 0.2) is 48.5 Å². The number of nitrogens with zero attached hydrogens (tertiary/aromatic N) is 1. The van der Waals surface area contributed by atoms with E-state index in [1.54, 1.807) is 12.1 Å². The molecule has 0 heterocycles. The number of nitrogens with one attached hydrogen (secondary N) is 1. The Kier molecular flexibility index (Phi) is 6.63. The van der Waals surface area contributed by atoms with E-state index >= 15 is 0 Å². The number of non-ortho nitro benzene ring substituents is 1. The van der Waals surface area contributed by atoms with E-state index in [4.69, 9.17) is 14.6 Å². The highest BCUT2D eigenvalue weighted by Crippen LogP contribution is 2.19. The van der Waals surface area contributed by atoms with Crippen molar-refractivity contribution in [2.75, 3.05) is 0 Å². The summed E-state index contributed by atoms with van der Waals surface area (Å²) in [5, 5.41) is 22.0. The number of aliphatic carboxylic acids is 1. The summed E-state index contributed by atoms with van der Waals surface area (Å²) in [6.45, 7) is 1.23. The highest BCUT2D eigenvalue weighted by atomic mass is 16.7. The van der Waals surface area contributed by atoms with Crippen LogP contribution in [-0.2, 0) is 16.0 Å². The Morgan fingerprint density at radius 3 is 1.96 bits per heavy atom. The summed E-state index contributed by atoms with van der Waals surface area (Å²) in [6.07, 6.45) is -0.981. The average Bonchev–Trinajstić information content (AvgIpc) is 2.62. The van der Waals surface area contributed by atoms with Crippen molar-refractivity contribution >= 4 is 23.7 Å². The van der Waals surface area contributed by atoms with Gasteiger partial charge in [0.15, 0.2) is 0 Å². The number of carboxylic acid groups (broad SMARTS) is 1. The molecule has 0 bridgehead atoms. The zero-order chi connectivity index (χ0) is 20.7. The van der Waals surface area contributed by atoms with Crippen LogP contribution in [0.4, 0.5) is 10.5 Å². The second-order valence-corrected chi connectivity index (χ2v) is 5.64. The smallest absolute Gasteiger partial charge is 0.480 e. The van der Waals surface area contributed by atoms with E-state index < -0.39 is 29.0 Å². The van der Waals surface area contributed by atoms with E-state index in [-0.39, 0.29) is 23.6 Å². The number of nitro benzene ring substituents is 1. The molecule has 2 aromatic rings. The summed E-state index contributed by atoms with van der Waals surface area (Å²) < 4.78 is 9.90. The molecule has 0 radical (unpaired) electrons. The van der Waals surface area contributed by atoms with Crippen LogP contribution in [-0.4, -0.2) is 34.1 Å². The van der Waals surface area contributed by atoms with Gasteiger partial charge in [-0.15, -0.1) is 0 Å². The third-order valence-electron chi connectivity index (χ3n) is 3.49. The molecular formula is C18H16N2O8. The Hall–Kier alpha value is -3.95. The average molecular weight is 388 g/mol. The van der Waals surface area contributed by atoms with Crippen molar-refractivity contribution in [1.82, 2.24) is 5.32 Å². The van der Waals surface area contributed by atoms with Crippen LogP contribution >= 0.6 is 0 Å². The minimum absolute atomic E-state index is 0.0580. The molecule has 1 amide bonds. The summed E-state index contributed by atoms with van der Waals surface area (Å²) in [5.41, 5.74) is 0.465. The molecule has 0 fully saturated rings. The Bertz CT molecular complexity index is 877. The third-order valence-corrected chi connectivity index (χ3v) is 3.49. The van der Waals surface area contributed by atoms with Crippen LogP contribution in [0, 0.1) is 10.1 Å². The van der Waals surface area contributed by atoms with Crippen molar-refractivity contribution < 1.29 is 33.9 Å². The first-order valence-electron chi connectivity index (χ1n) is 7.97. The van der Waals surface area contributed by atoms with Gasteiger partial charge in [-0.25, -0.2) is 9.59 Å². The van der Waals surface area contributed by atoms with Gasteiger partial charge in [0.25, 0.3) is 5.69 Å². The molecule has 0 saturated heterocycles. The number of hydrogen-bond donors (Lipinski definition) is 2. The fourth-order valence-corrected chi connectivity index (χ4v) is 2.22. The molecule has 0 aromatic heterocycles. The van der Waals surface area contributed by atoms with Gasteiger partial charge in [0, 0.05) is 25.5 Å². The van der Waals surface area contributed by atoms with Gasteiger partial charge in [-0.05, 0) is 29.8 Å². The number of carboxylic acids is 1. The van der Waals surface area contributed by atoms with Crippen molar-refractivity contribution in [2.45, 2.75) is 19.4 Å². The zero-order valence-corrected chi connectivity index (χ0v) is 14.7. The highest BCUT2D eigenvalue weighted by molar-refractivity contribution is 5.82. The summed E-state index contributed by atoms with van der Waals surface area (Å²) >= 11 is 0. The van der Waals surface area contributed by atoms with Gasteiger partial charge >= 0.3 is 12.1 Å². The van der Waals surface area contributed by atoms with E-state index in [2.05, 4.69) is 5.32 Å². The second kappa shape index (κ2) is 9.12. The van der Waals surface area contributed by atoms with Crippen LogP contribution in [0.1, 0.15) is 12.5 Å². The topological polar surface area (TPSA) is 145 Å². The van der Waals surface area contributed by atoms with E-state index in [1.807, 2.05) is 0 Å². The maximum atomic E-state index is 11.8. The van der Waals surface area contributed by atoms with Crippen molar-refractivity contribution in [2.24, 2.45) is 0 Å².